The van der Waals surface area contributed by atoms with Crippen LogP contribution in [0.1, 0.15) is 18.1 Å². The van der Waals surface area contributed by atoms with Crippen molar-refractivity contribution in [3.8, 4) is 0 Å². The summed E-state index contributed by atoms with van der Waals surface area (Å²) < 4.78 is 0. The summed E-state index contributed by atoms with van der Waals surface area (Å²) in [5, 5.41) is 2.84. The normalized spacial score (nSPS) is 15.1. The standard InChI is InChI=1S/C19H21N3O2.ClH/c1-19(20,15-8-3-2-4-9-15)18(24)21-11-12-22-16-10-6-5-7-14(16)13-17(22)23;/h2-10H,11-13,20H2,1H3,(H,21,24);1H. The molecule has 0 spiro atoms. The summed E-state index contributed by atoms with van der Waals surface area (Å²) in [5.74, 6) is -0.197. The number of benzene rings is 2. The van der Waals surface area contributed by atoms with Gasteiger partial charge < -0.3 is 16.0 Å². The van der Waals surface area contributed by atoms with Gasteiger partial charge in [-0.15, -0.1) is 12.4 Å². The van der Waals surface area contributed by atoms with E-state index in [9.17, 15) is 9.59 Å². The minimum Gasteiger partial charge on any atom is -0.352 e. The number of fused-ring (bicyclic) bond motifs is 1. The van der Waals surface area contributed by atoms with E-state index in [4.69, 9.17) is 5.73 Å². The van der Waals surface area contributed by atoms with Crippen molar-refractivity contribution >= 4 is 29.9 Å². The number of anilines is 1. The lowest BCUT2D eigenvalue weighted by Crippen LogP contribution is -2.50. The van der Waals surface area contributed by atoms with Gasteiger partial charge in [0.1, 0.15) is 5.54 Å². The molecule has 2 amide bonds. The van der Waals surface area contributed by atoms with Crippen molar-refractivity contribution in [2.45, 2.75) is 18.9 Å². The first-order chi connectivity index (χ1) is 11.5. The number of halogens is 1. The highest BCUT2D eigenvalue weighted by Crippen LogP contribution is 2.27. The second-order valence-electron chi connectivity index (χ2n) is 6.18. The Morgan fingerprint density at radius 1 is 1.16 bits per heavy atom. The van der Waals surface area contributed by atoms with Gasteiger partial charge in [0.25, 0.3) is 0 Å². The predicted octanol–water partition coefficient (Wildman–Crippen LogP) is 1.99. The number of amides is 2. The highest BCUT2D eigenvalue weighted by atomic mass is 35.5. The number of carbonyl (C=O) groups excluding carboxylic acids is 2. The number of nitrogens with one attached hydrogen (secondary N) is 1. The van der Waals surface area contributed by atoms with Gasteiger partial charge in [-0.3, -0.25) is 9.59 Å². The number of para-hydroxylation sites is 1. The Labute approximate surface area is 153 Å². The molecule has 1 heterocycles. The maximum absolute atomic E-state index is 12.4. The van der Waals surface area contributed by atoms with Crippen LogP contribution in [0.3, 0.4) is 0 Å². The first kappa shape index (κ1) is 19.0. The first-order valence-electron chi connectivity index (χ1n) is 8.01. The van der Waals surface area contributed by atoms with Crippen LogP contribution in [0, 0.1) is 0 Å². The fourth-order valence-corrected chi connectivity index (χ4v) is 2.94. The molecule has 25 heavy (non-hydrogen) atoms. The van der Waals surface area contributed by atoms with Crippen LogP contribution in [0.5, 0.6) is 0 Å². The Morgan fingerprint density at radius 3 is 2.52 bits per heavy atom. The van der Waals surface area contributed by atoms with Crippen LogP contribution in [-0.2, 0) is 21.5 Å². The van der Waals surface area contributed by atoms with Gasteiger partial charge in [0, 0.05) is 18.8 Å². The molecule has 1 atom stereocenters. The van der Waals surface area contributed by atoms with E-state index in [0.29, 0.717) is 19.5 Å². The smallest absolute Gasteiger partial charge is 0.244 e. The quantitative estimate of drug-likeness (QED) is 0.857. The van der Waals surface area contributed by atoms with Gasteiger partial charge in [0.05, 0.1) is 6.42 Å². The van der Waals surface area contributed by atoms with Gasteiger partial charge in [0.2, 0.25) is 11.8 Å². The maximum Gasteiger partial charge on any atom is 0.244 e. The fraction of sp³-hybridized carbons (Fsp3) is 0.263. The third kappa shape index (κ3) is 3.83. The molecule has 0 saturated heterocycles. The molecule has 1 aliphatic heterocycles. The van der Waals surface area contributed by atoms with Gasteiger partial charge >= 0.3 is 0 Å². The largest absolute Gasteiger partial charge is 0.352 e. The Balaban J connectivity index is 0.00000225. The molecule has 5 nitrogen and oxygen atoms in total. The van der Waals surface area contributed by atoms with Crippen LogP contribution in [-0.4, -0.2) is 24.9 Å². The molecule has 0 radical (unpaired) electrons. The molecular formula is C19H22ClN3O2. The summed E-state index contributed by atoms with van der Waals surface area (Å²) in [4.78, 5) is 26.3. The van der Waals surface area contributed by atoms with E-state index in [2.05, 4.69) is 5.32 Å². The minimum atomic E-state index is -1.10. The lowest BCUT2D eigenvalue weighted by molar-refractivity contribution is -0.126. The third-order valence-electron chi connectivity index (χ3n) is 4.39. The minimum absolute atomic E-state index is 0. The molecular weight excluding hydrogens is 338 g/mol. The molecule has 0 aromatic heterocycles. The number of hydrogen-bond donors (Lipinski definition) is 2. The van der Waals surface area contributed by atoms with Crippen molar-refractivity contribution in [1.82, 2.24) is 5.32 Å². The average molecular weight is 360 g/mol. The molecule has 0 fully saturated rings. The topological polar surface area (TPSA) is 75.4 Å². The third-order valence-corrected chi connectivity index (χ3v) is 4.39. The monoisotopic (exact) mass is 359 g/mol. The summed E-state index contributed by atoms with van der Waals surface area (Å²) in [7, 11) is 0. The van der Waals surface area contributed by atoms with Crippen LogP contribution in [0.15, 0.2) is 54.6 Å². The molecule has 0 saturated carbocycles. The van der Waals surface area contributed by atoms with Crippen molar-refractivity contribution < 1.29 is 9.59 Å². The second kappa shape index (κ2) is 7.68. The summed E-state index contributed by atoms with van der Waals surface area (Å²) >= 11 is 0. The molecule has 2 aromatic carbocycles. The number of rotatable bonds is 5. The summed E-state index contributed by atoms with van der Waals surface area (Å²) in [6.45, 7) is 2.49. The van der Waals surface area contributed by atoms with Gasteiger partial charge in [-0.2, -0.15) is 0 Å². The highest BCUT2D eigenvalue weighted by molar-refractivity contribution is 6.01. The fourth-order valence-electron chi connectivity index (χ4n) is 2.94. The Kier molecular flexibility index (Phi) is 5.82. The molecule has 132 valence electrons. The van der Waals surface area contributed by atoms with Gasteiger partial charge in [-0.25, -0.2) is 0 Å². The zero-order chi connectivity index (χ0) is 17.2. The second-order valence-corrected chi connectivity index (χ2v) is 6.18. The van der Waals surface area contributed by atoms with E-state index in [1.54, 1.807) is 11.8 Å². The Hall–Kier alpha value is -2.37. The lowest BCUT2D eigenvalue weighted by atomic mass is 9.92. The van der Waals surface area contributed by atoms with Crippen molar-refractivity contribution in [3.05, 3.63) is 65.7 Å². The highest BCUT2D eigenvalue weighted by Gasteiger charge is 2.31. The molecule has 1 unspecified atom stereocenters. The van der Waals surface area contributed by atoms with Crippen molar-refractivity contribution in [2.75, 3.05) is 18.0 Å². The van der Waals surface area contributed by atoms with Crippen LogP contribution >= 0.6 is 12.4 Å². The number of hydrogen-bond acceptors (Lipinski definition) is 3. The predicted molar refractivity (Wildman–Crippen MR) is 101 cm³/mol. The zero-order valence-corrected chi connectivity index (χ0v) is 14.9. The van der Waals surface area contributed by atoms with Gasteiger partial charge in [0.15, 0.2) is 0 Å². The van der Waals surface area contributed by atoms with Crippen molar-refractivity contribution in [3.63, 3.8) is 0 Å². The molecule has 6 heteroatoms. The number of nitrogens with two attached hydrogens (primary N) is 1. The summed E-state index contributed by atoms with van der Waals surface area (Å²) in [5.41, 5.74) is 7.79. The Morgan fingerprint density at radius 2 is 1.80 bits per heavy atom. The molecule has 0 bridgehead atoms. The molecule has 2 aromatic rings. The van der Waals surface area contributed by atoms with Crippen molar-refractivity contribution in [1.29, 1.82) is 0 Å². The molecule has 3 rings (SSSR count). The maximum atomic E-state index is 12.4. The van der Waals surface area contributed by atoms with E-state index in [1.807, 2.05) is 54.6 Å². The van der Waals surface area contributed by atoms with Gasteiger partial charge in [-0.1, -0.05) is 48.5 Å². The lowest BCUT2D eigenvalue weighted by Gasteiger charge is -2.25. The SMILES string of the molecule is CC(N)(C(=O)NCCN1C(=O)Cc2ccccc21)c1ccccc1.Cl. The first-order valence-corrected chi connectivity index (χ1v) is 8.01. The molecule has 0 aliphatic carbocycles. The summed E-state index contributed by atoms with van der Waals surface area (Å²) in [6, 6.07) is 17.0. The van der Waals surface area contributed by atoms with Gasteiger partial charge in [-0.05, 0) is 24.1 Å². The number of carbonyl (C=O) groups is 2. The number of nitrogens with zero attached hydrogens (tertiary/aromatic N) is 1. The van der Waals surface area contributed by atoms with E-state index >= 15 is 0 Å². The Bertz CT molecular complexity index is 762. The van der Waals surface area contributed by atoms with Crippen LogP contribution in [0.25, 0.3) is 0 Å². The average Bonchev–Trinajstić information content (AvgIpc) is 2.91. The zero-order valence-electron chi connectivity index (χ0n) is 14.1. The van der Waals surface area contributed by atoms with E-state index in [1.165, 1.54) is 0 Å². The van der Waals surface area contributed by atoms with Crippen molar-refractivity contribution in [2.24, 2.45) is 5.73 Å². The van der Waals surface area contributed by atoms with E-state index in [0.717, 1.165) is 16.8 Å². The molecule has 3 N–H and O–H groups in total. The van der Waals surface area contributed by atoms with Crippen LogP contribution in [0.4, 0.5) is 5.69 Å². The van der Waals surface area contributed by atoms with E-state index in [-0.39, 0.29) is 24.2 Å². The summed E-state index contributed by atoms with van der Waals surface area (Å²) in [6.07, 6.45) is 0.419. The van der Waals surface area contributed by atoms with E-state index < -0.39 is 5.54 Å². The van der Waals surface area contributed by atoms with Crippen LogP contribution in [0.2, 0.25) is 0 Å². The van der Waals surface area contributed by atoms with Crippen LogP contribution < -0.4 is 16.0 Å². The molecule has 1 aliphatic rings.